The molecule has 1 fully saturated rings. The fraction of sp³-hybridized carbons (Fsp3) is 0.917. The molecular weight excluding hydrogens is 188 g/mol. The zero-order valence-corrected chi connectivity index (χ0v) is 10.2. The van der Waals surface area contributed by atoms with Crippen molar-refractivity contribution in [3.05, 3.63) is 0 Å². The summed E-state index contributed by atoms with van der Waals surface area (Å²) in [6.07, 6.45) is 6.23. The van der Waals surface area contributed by atoms with Gasteiger partial charge in [0.15, 0.2) is 0 Å². The van der Waals surface area contributed by atoms with Crippen molar-refractivity contribution in [2.45, 2.75) is 70.4 Å². The van der Waals surface area contributed by atoms with Gasteiger partial charge in [-0.15, -0.1) is 0 Å². The molecule has 3 nitrogen and oxygen atoms in total. The maximum Gasteiger partial charge on any atom is 0.237 e. The Morgan fingerprint density at radius 2 is 1.87 bits per heavy atom. The van der Waals surface area contributed by atoms with Crippen LogP contribution >= 0.6 is 0 Å². The Bertz CT molecular complexity index is 230. The number of hydrogen-bond acceptors (Lipinski definition) is 2. The molecule has 0 aromatic rings. The molecule has 0 atom stereocenters. The van der Waals surface area contributed by atoms with Crippen molar-refractivity contribution < 1.29 is 4.79 Å². The molecule has 1 amide bonds. The van der Waals surface area contributed by atoms with Crippen LogP contribution in [0.3, 0.4) is 0 Å². The fourth-order valence-electron chi connectivity index (χ4n) is 2.32. The third-order valence-corrected chi connectivity index (χ3v) is 3.64. The van der Waals surface area contributed by atoms with E-state index in [1.54, 1.807) is 0 Å². The SMILES string of the molecule is CCC(C)(C)NC1(C(N)=O)CCCCC1. The molecule has 0 heterocycles. The molecule has 0 bridgehead atoms. The second-order valence-electron chi connectivity index (χ2n) is 5.37. The highest BCUT2D eigenvalue weighted by atomic mass is 16.1. The minimum atomic E-state index is -0.447. The van der Waals surface area contributed by atoms with Gasteiger partial charge < -0.3 is 5.73 Å². The molecule has 0 spiro atoms. The molecular formula is C12H24N2O. The number of carbonyl (C=O) groups excluding carboxylic acids is 1. The van der Waals surface area contributed by atoms with Gasteiger partial charge in [-0.25, -0.2) is 0 Å². The maximum absolute atomic E-state index is 11.6. The first-order chi connectivity index (χ1) is 6.92. The van der Waals surface area contributed by atoms with E-state index in [4.69, 9.17) is 5.73 Å². The van der Waals surface area contributed by atoms with E-state index in [-0.39, 0.29) is 11.4 Å². The Balaban J connectivity index is 2.77. The van der Waals surface area contributed by atoms with Crippen LogP contribution in [0.2, 0.25) is 0 Å². The van der Waals surface area contributed by atoms with Crippen LogP contribution < -0.4 is 11.1 Å². The van der Waals surface area contributed by atoms with Gasteiger partial charge in [0.1, 0.15) is 0 Å². The molecule has 1 aliphatic rings. The fourth-order valence-corrected chi connectivity index (χ4v) is 2.32. The van der Waals surface area contributed by atoms with Gasteiger partial charge in [0.05, 0.1) is 5.54 Å². The number of hydrogen-bond donors (Lipinski definition) is 2. The van der Waals surface area contributed by atoms with E-state index in [1.807, 2.05) is 0 Å². The predicted molar refractivity (Wildman–Crippen MR) is 62.5 cm³/mol. The second kappa shape index (κ2) is 4.52. The molecule has 1 rings (SSSR count). The van der Waals surface area contributed by atoms with Gasteiger partial charge in [-0.2, -0.15) is 0 Å². The van der Waals surface area contributed by atoms with Crippen molar-refractivity contribution >= 4 is 5.91 Å². The number of amides is 1. The molecule has 3 heteroatoms. The maximum atomic E-state index is 11.6. The largest absolute Gasteiger partial charge is 0.368 e. The third kappa shape index (κ3) is 2.94. The number of nitrogens with two attached hydrogens (primary N) is 1. The Morgan fingerprint density at radius 1 is 1.33 bits per heavy atom. The van der Waals surface area contributed by atoms with E-state index in [2.05, 4.69) is 26.1 Å². The zero-order chi connectivity index (χ0) is 11.5. The van der Waals surface area contributed by atoms with Crippen molar-refractivity contribution in [1.82, 2.24) is 5.32 Å². The standard InChI is InChI=1S/C12H24N2O/c1-4-11(2,3)14-12(10(13)15)8-6-5-7-9-12/h14H,4-9H2,1-3H3,(H2,13,15). The first-order valence-corrected chi connectivity index (χ1v) is 6.01. The van der Waals surface area contributed by atoms with Crippen LogP contribution in [-0.4, -0.2) is 17.0 Å². The molecule has 0 unspecified atom stereocenters. The van der Waals surface area contributed by atoms with Crippen LogP contribution in [0.4, 0.5) is 0 Å². The lowest BCUT2D eigenvalue weighted by Crippen LogP contribution is -2.62. The van der Waals surface area contributed by atoms with Crippen molar-refractivity contribution in [1.29, 1.82) is 0 Å². The lowest BCUT2D eigenvalue weighted by molar-refractivity contribution is -0.126. The molecule has 0 aromatic heterocycles. The van der Waals surface area contributed by atoms with Crippen LogP contribution in [0.25, 0.3) is 0 Å². The summed E-state index contributed by atoms with van der Waals surface area (Å²) in [5, 5.41) is 3.48. The molecule has 0 aromatic carbocycles. The average molecular weight is 212 g/mol. The highest BCUT2D eigenvalue weighted by Gasteiger charge is 2.40. The van der Waals surface area contributed by atoms with E-state index in [0.717, 1.165) is 32.1 Å². The predicted octanol–water partition coefficient (Wildman–Crippen LogP) is 1.95. The quantitative estimate of drug-likeness (QED) is 0.748. The summed E-state index contributed by atoms with van der Waals surface area (Å²) in [7, 11) is 0. The minimum absolute atomic E-state index is 0.00757. The lowest BCUT2D eigenvalue weighted by atomic mass is 9.79. The van der Waals surface area contributed by atoms with Gasteiger partial charge in [-0.1, -0.05) is 26.2 Å². The number of nitrogens with one attached hydrogen (secondary N) is 1. The van der Waals surface area contributed by atoms with Crippen LogP contribution in [-0.2, 0) is 4.79 Å². The van der Waals surface area contributed by atoms with Gasteiger partial charge in [0.25, 0.3) is 0 Å². The van der Waals surface area contributed by atoms with Gasteiger partial charge in [-0.05, 0) is 33.1 Å². The summed E-state index contributed by atoms with van der Waals surface area (Å²) in [5.41, 5.74) is 5.11. The summed E-state index contributed by atoms with van der Waals surface area (Å²) in [6.45, 7) is 6.39. The van der Waals surface area contributed by atoms with Crippen LogP contribution in [0, 0.1) is 0 Å². The Morgan fingerprint density at radius 3 is 2.27 bits per heavy atom. The summed E-state index contributed by atoms with van der Waals surface area (Å²) in [4.78, 5) is 11.6. The zero-order valence-electron chi connectivity index (χ0n) is 10.2. The van der Waals surface area contributed by atoms with Crippen molar-refractivity contribution in [2.75, 3.05) is 0 Å². The molecule has 1 aliphatic carbocycles. The monoisotopic (exact) mass is 212 g/mol. The highest BCUT2D eigenvalue weighted by Crippen LogP contribution is 2.30. The smallest absolute Gasteiger partial charge is 0.237 e. The molecule has 3 N–H and O–H groups in total. The summed E-state index contributed by atoms with van der Waals surface area (Å²) >= 11 is 0. The van der Waals surface area contributed by atoms with Crippen molar-refractivity contribution in [3.63, 3.8) is 0 Å². The Hall–Kier alpha value is -0.570. The first kappa shape index (κ1) is 12.5. The summed E-state index contributed by atoms with van der Waals surface area (Å²) < 4.78 is 0. The average Bonchev–Trinajstić information content (AvgIpc) is 2.18. The van der Waals surface area contributed by atoms with Crippen LogP contribution in [0.5, 0.6) is 0 Å². The molecule has 0 saturated heterocycles. The molecule has 15 heavy (non-hydrogen) atoms. The molecule has 0 aliphatic heterocycles. The first-order valence-electron chi connectivity index (χ1n) is 6.01. The van der Waals surface area contributed by atoms with Crippen molar-refractivity contribution in [2.24, 2.45) is 5.73 Å². The summed E-state index contributed by atoms with van der Waals surface area (Å²) in [6, 6.07) is 0. The Labute approximate surface area is 92.8 Å². The van der Waals surface area contributed by atoms with E-state index in [1.165, 1.54) is 6.42 Å². The van der Waals surface area contributed by atoms with Gasteiger partial charge in [0.2, 0.25) is 5.91 Å². The lowest BCUT2D eigenvalue weighted by Gasteiger charge is -2.41. The number of primary amides is 1. The van der Waals surface area contributed by atoms with E-state index in [0.29, 0.717) is 0 Å². The molecule has 88 valence electrons. The van der Waals surface area contributed by atoms with Crippen LogP contribution in [0.15, 0.2) is 0 Å². The highest BCUT2D eigenvalue weighted by molar-refractivity contribution is 5.84. The number of carbonyl (C=O) groups is 1. The normalized spacial score (nSPS) is 21.3. The Kier molecular flexibility index (Phi) is 3.77. The molecule has 1 saturated carbocycles. The topological polar surface area (TPSA) is 55.1 Å². The number of rotatable bonds is 4. The van der Waals surface area contributed by atoms with E-state index in [9.17, 15) is 4.79 Å². The van der Waals surface area contributed by atoms with Crippen molar-refractivity contribution in [3.8, 4) is 0 Å². The van der Waals surface area contributed by atoms with E-state index < -0.39 is 5.54 Å². The van der Waals surface area contributed by atoms with Gasteiger partial charge >= 0.3 is 0 Å². The summed E-state index contributed by atoms with van der Waals surface area (Å²) in [5.74, 6) is -0.177. The third-order valence-electron chi connectivity index (χ3n) is 3.64. The minimum Gasteiger partial charge on any atom is -0.368 e. The van der Waals surface area contributed by atoms with Gasteiger partial charge in [-0.3, -0.25) is 10.1 Å². The van der Waals surface area contributed by atoms with Crippen LogP contribution in [0.1, 0.15) is 59.3 Å². The van der Waals surface area contributed by atoms with Gasteiger partial charge in [0, 0.05) is 5.54 Å². The molecule has 0 radical (unpaired) electrons. The van der Waals surface area contributed by atoms with E-state index >= 15 is 0 Å². The second-order valence-corrected chi connectivity index (χ2v) is 5.37.